The van der Waals surface area contributed by atoms with E-state index in [1.807, 2.05) is 43.3 Å². The van der Waals surface area contributed by atoms with Crippen molar-refractivity contribution in [1.29, 1.82) is 0 Å². The zero-order valence-electron chi connectivity index (χ0n) is 17.8. The minimum Gasteiger partial charge on any atom is -0.497 e. The quantitative estimate of drug-likeness (QED) is 0.633. The number of aryl methyl sites for hydroxylation is 2. The van der Waals surface area contributed by atoms with Gasteiger partial charge in [-0.25, -0.2) is 4.98 Å². The number of thiazole rings is 1. The summed E-state index contributed by atoms with van der Waals surface area (Å²) in [5.74, 6) is 0.152. The lowest BCUT2D eigenvalue weighted by Gasteiger charge is -2.17. The van der Waals surface area contributed by atoms with Gasteiger partial charge >= 0.3 is 0 Å². The maximum atomic E-state index is 12.8. The second-order valence-electron chi connectivity index (χ2n) is 7.67. The Morgan fingerprint density at radius 2 is 2.03 bits per heavy atom. The van der Waals surface area contributed by atoms with Crippen LogP contribution in [-0.2, 0) is 16.1 Å². The van der Waals surface area contributed by atoms with Crippen LogP contribution in [-0.4, -0.2) is 30.5 Å². The molecule has 3 aromatic rings. The maximum absolute atomic E-state index is 12.8. The van der Waals surface area contributed by atoms with Crippen LogP contribution in [0.4, 0.5) is 5.69 Å². The van der Waals surface area contributed by atoms with Crippen molar-refractivity contribution >= 4 is 28.8 Å². The van der Waals surface area contributed by atoms with Crippen molar-refractivity contribution in [2.75, 3.05) is 18.6 Å². The highest BCUT2D eigenvalue weighted by atomic mass is 32.1. The Hall–Kier alpha value is -3.19. The van der Waals surface area contributed by atoms with Gasteiger partial charge in [0.15, 0.2) is 0 Å². The van der Waals surface area contributed by atoms with Gasteiger partial charge in [0.05, 0.1) is 25.3 Å². The predicted molar refractivity (Wildman–Crippen MR) is 122 cm³/mol. The van der Waals surface area contributed by atoms with Crippen LogP contribution >= 0.6 is 11.3 Å². The molecule has 1 saturated heterocycles. The molecule has 0 aliphatic carbocycles. The van der Waals surface area contributed by atoms with E-state index in [9.17, 15) is 9.59 Å². The molecule has 31 heavy (non-hydrogen) atoms. The first-order chi connectivity index (χ1) is 15.0. The molecule has 2 aromatic carbocycles. The number of nitrogens with zero attached hydrogens (tertiary/aromatic N) is 2. The highest BCUT2D eigenvalue weighted by Gasteiger charge is 2.35. The standard InChI is InChI=1S/C24H25N3O3S/c1-15-7-4-5-10-20(15)24-26-16(2)21(31-24)13-25-23(29)17-11-22(28)27(14-17)18-8-6-9-19(12-18)30-3/h4-10,12,17H,11,13-14H2,1-3H3,(H,25,29). The van der Waals surface area contributed by atoms with Gasteiger partial charge in [-0.15, -0.1) is 11.3 Å². The van der Waals surface area contributed by atoms with Gasteiger partial charge in [0.1, 0.15) is 10.8 Å². The van der Waals surface area contributed by atoms with Gasteiger partial charge in [-0.05, 0) is 31.5 Å². The van der Waals surface area contributed by atoms with E-state index in [-0.39, 0.29) is 24.2 Å². The molecule has 0 bridgehead atoms. The lowest BCUT2D eigenvalue weighted by molar-refractivity contribution is -0.126. The second-order valence-corrected chi connectivity index (χ2v) is 8.75. The predicted octanol–water partition coefficient (Wildman–Crippen LogP) is 4.10. The average Bonchev–Trinajstić information content (AvgIpc) is 3.35. The van der Waals surface area contributed by atoms with Crippen molar-refractivity contribution in [2.24, 2.45) is 5.92 Å². The van der Waals surface area contributed by atoms with Gasteiger partial charge in [-0.2, -0.15) is 0 Å². The molecule has 6 nitrogen and oxygen atoms in total. The topological polar surface area (TPSA) is 71.5 Å². The van der Waals surface area contributed by atoms with Crippen molar-refractivity contribution in [3.63, 3.8) is 0 Å². The minimum absolute atomic E-state index is 0.0517. The number of benzene rings is 2. The Labute approximate surface area is 185 Å². The summed E-state index contributed by atoms with van der Waals surface area (Å²) in [6.07, 6.45) is 0.208. The number of carbonyl (C=O) groups is 2. The van der Waals surface area contributed by atoms with Crippen molar-refractivity contribution in [2.45, 2.75) is 26.8 Å². The van der Waals surface area contributed by atoms with Crippen LogP contribution in [0.3, 0.4) is 0 Å². The number of hydrogen-bond donors (Lipinski definition) is 1. The number of carbonyl (C=O) groups excluding carboxylic acids is 2. The molecule has 7 heteroatoms. The number of ether oxygens (including phenoxy) is 1. The molecule has 0 radical (unpaired) electrons. The molecule has 1 aromatic heterocycles. The minimum atomic E-state index is -0.372. The Bertz CT molecular complexity index is 1120. The molecule has 1 atom stereocenters. The average molecular weight is 436 g/mol. The van der Waals surface area contributed by atoms with E-state index in [0.29, 0.717) is 18.8 Å². The molecule has 160 valence electrons. The number of methoxy groups -OCH3 is 1. The van der Waals surface area contributed by atoms with Gasteiger partial charge < -0.3 is 15.0 Å². The van der Waals surface area contributed by atoms with Gasteiger partial charge in [0.2, 0.25) is 11.8 Å². The fourth-order valence-electron chi connectivity index (χ4n) is 3.74. The number of rotatable bonds is 6. The van der Waals surface area contributed by atoms with Gasteiger partial charge in [0, 0.05) is 35.2 Å². The molecular weight excluding hydrogens is 410 g/mol. The number of aromatic nitrogens is 1. The molecule has 0 saturated carbocycles. The Balaban J connectivity index is 1.40. The first kappa shape index (κ1) is 21.1. The van der Waals surface area contributed by atoms with Crippen molar-refractivity contribution in [3.8, 4) is 16.3 Å². The molecule has 1 unspecified atom stereocenters. The van der Waals surface area contributed by atoms with Crippen LogP contribution in [0.1, 0.15) is 22.6 Å². The van der Waals surface area contributed by atoms with E-state index in [4.69, 9.17) is 9.72 Å². The zero-order chi connectivity index (χ0) is 22.0. The molecule has 1 aliphatic heterocycles. The van der Waals surface area contributed by atoms with E-state index in [1.165, 1.54) is 5.56 Å². The Morgan fingerprint density at radius 1 is 1.23 bits per heavy atom. The highest BCUT2D eigenvalue weighted by Crippen LogP contribution is 2.31. The van der Waals surface area contributed by atoms with Crippen molar-refractivity contribution in [3.05, 3.63) is 64.7 Å². The van der Waals surface area contributed by atoms with Crippen LogP contribution in [0, 0.1) is 19.8 Å². The first-order valence-corrected chi connectivity index (χ1v) is 11.0. The molecule has 0 spiro atoms. The van der Waals surface area contributed by atoms with Crippen LogP contribution in [0.5, 0.6) is 5.75 Å². The molecule has 4 rings (SSSR count). The van der Waals surface area contributed by atoms with E-state index < -0.39 is 0 Å². The third-order valence-electron chi connectivity index (χ3n) is 5.55. The molecule has 1 fully saturated rings. The van der Waals surface area contributed by atoms with E-state index in [2.05, 4.69) is 24.4 Å². The summed E-state index contributed by atoms with van der Waals surface area (Å²) < 4.78 is 5.24. The number of nitrogens with one attached hydrogen (secondary N) is 1. The summed E-state index contributed by atoms with van der Waals surface area (Å²) >= 11 is 1.60. The molecule has 1 N–H and O–H groups in total. The fraction of sp³-hybridized carbons (Fsp3) is 0.292. The summed E-state index contributed by atoms with van der Waals surface area (Å²) in [7, 11) is 1.59. The molecule has 2 heterocycles. The third kappa shape index (κ3) is 4.46. The maximum Gasteiger partial charge on any atom is 0.227 e. The van der Waals surface area contributed by atoms with E-state index in [1.54, 1.807) is 23.3 Å². The Morgan fingerprint density at radius 3 is 2.81 bits per heavy atom. The van der Waals surface area contributed by atoms with Gasteiger partial charge in [-0.1, -0.05) is 30.3 Å². The van der Waals surface area contributed by atoms with Crippen molar-refractivity contribution in [1.82, 2.24) is 10.3 Å². The fourth-order valence-corrected chi connectivity index (χ4v) is 4.84. The second kappa shape index (κ2) is 8.89. The lowest BCUT2D eigenvalue weighted by atomic mass is 10.1. The summed E-state index contributed by atoms with van der Waals surface area (Å²) in [5.41, 5.74) is 3.96. The van der Waals surface area contributed by atoms with Crippen LogP contribution in [0.25, 0.3) is 10.6 Å². The zero-order valence-corrected chi connectivity index (χ0v) is 18.7. The molecule has 1 aliphatic rings. The normalized spacial score (nSPS) is 15.9. The van der Waals surface area contributed by atoms with E-state index >= 15 is 0 Å². The summed E-state index contributed by atoms with van der Waals surface area (Å²) in [4.78, 5) is 32.7. The van der Waals surface area contributed by atoms with Crippen LogP contribution in [0.15, 0.2) is 48.5 Å². The smallest absolute Gasteiger partial charge is 0.227 e. The van der Waals surface area contributed by atoms with E-state index in [0.717, 1.165) is 26.8 Å². The van der Waals surface area contributed by atoms with Crippen molar-refractivity contribution < 1.29 is 14.3 Å². The Kier molecular flexibility index (Phi) is 6.04. The summed E-state index contributed by atoms with van der Waals surface area (Å²) in [6, 6.07) is 15.5. The highest BCUT2D eigenvalue weighted by molar-refractivity contribution is 7.15. The largest absolute Gasteiger partial charge is 0.497 e. The van der Waals surface area contributed by atoms with Gasteiger partial charge in [-0.3, -0.25) is 9.59 Å². The third-order valence-corrected chi connectivity index (χ3v) is 6.74. The number of hydrogen-bond acceptors (Lipinski definition) is 5. The van der Waals surface area contributed by atoms with Crippen LogP contribution in [0.2, 0.25) is 0 Å². The SMILES string of the molecule is COc1cccc(N2CC(C(=O)NCc3sc(-c4ccccc4C)nc3C)CC2=O)c1. The molecule has 2 amide bonds. The number of anilines is 1. The summed E-state index contributed by atoms with van der Waals surface area (Å²) in [5, 5.41) is 3.96. The lowest BCUT2D eigenvalue weighted by Crippen LogP contribution is -2.32. The molecular formula is C24H25N3O3S. The van der Waals surface area contributed by atoms with Gasteiger partial charge in [0.25, 0.3) is 0 Å². The number of amides is 2. The first-order valence-electron chi connectivity index (χ1n) is 10.2. The summed E-state index contributed by atoms with van der Waals surface area (Å²) in [6.45, 7) is 4.81. The van der Waals surface area contributed by atoms with Crippen LogP contribution < -0.4 is 15.0 Å². The monoisotopic (exact) mass is 435 g/mol.